The summed E-state index contributed by atoms with van der Waals surface area (Å²) in [6, 6.07) is 4.20. The maximum Gasteiger partial charge on any atom is 0.251 e. The summed E-state index contributed by atoms with van der Waals surface area (Å²) in [6.45, 7) is 9.30. The van der Waals surface area contributed by atoms with Gasteiger partial charge in [-0.2, -0.15) is 0 Å². The molecule has 1 amide bonds. The topological polar surface area (TPSA) is 57.3 Å². The average molecular weight is 290 g/mol. The van der Waals surface area contributed by atoms with Crippen LogP contribution < -0.4 is 10.6 Å². The molecule has 1 saturated heterocycles. The molecular formula is C16H26N4O. The average Bonchev–Trinajstić information content (AvgIpc) is 2.93. The molecule has 1 aromatic rings. The highest BCUT2D eigenvalue weighted by atomic mass is 16.1. The fraction of sp³-hybridized carbons (Fsp3) is 0.625. The van der Waals surface area contributed by atoms with Crippen molar-refractivity contribution >= 4 is 11.7 Å². The van der Waals surface area contributed by atoms with Crippen molar-refractivity contribution in [2.24, 2.45) is 5.92 Å². The Kier molecular flexibility index (Phi) is 5.17. The van der Waals surface area contributed by atoms with Gasteiger partial charge >= 0.3 is 0 Å². The molecule has 0 spiro atoms. The normalized spacial score (nSPS) is 19.0. The van der Waals surface area contributed by atoms with E-state index < -0.39 is 0 Å². The first-order valence-corrected chi connectivity index (χ1v) is 7.68. The second-order valence-corrected chi connectivity index (χ2v) is 6.09. The Balaban J connectivity index is 1.89. The molecule has 0 saturated carbocycles. The highest BCUT2D eigenvalue weighted by Crippen LogP contribution is 2.18. The van der Waals surface area contributed by atoms with Crippen molar-refractivity contribution in [3.05, 3.63) is 23.4 Å². The van der Waals surface area contributed by atoms with Gasteiger partial charge in [-0.3, -0.25) is 4.79 Å². The number of carbonyl (C=O) groups excluding carboxylic acids is 1. The molecule has 1 fully saturated rings. The number of hydrogen-bond donors (Lipinski definition) is 2. The molecule has 21 heavy (non-hydrogen) atoms. The smallest absolute Gasteiger partial charge is 0.251 e. The SMILES string of the molecule is CNc1cc(C(=O)NCC2CCN(C(C)C)C2)cc(C)n1. The van der Waals surface area contributed by atoms with Gasteiger partial charge in [0, 0.05) is 37.4 Å². The van der Waals surface area contributed by atoms with Crippen molar-refractivity contribution in [3.8, 4) is 0 Å². The summed E-state index contributed by atoms with van der Waals surface area (Å²) in [5.41, 5.74) is 1.52. The van der Waals surface area contributed by atoms with E-state index in [9.17, 15) is 4.79 Å². The number of hydrogen-bond acceptors (Lipinski definition) is 4. The molecule has 0 aromatic carbocycles. The van der Waals surface area contributed by atoms with Crippen LogP contribution in [0.2, 0.25) is 0 Å². The minimum absolute atomic E-state index is 0.0139. The van der Waals surface area contributed by atoms with Gasteiger partial charge in [-0.1, -0.05) is 0 Å². The molecule has 2 rings (SSSR count). The second-order valence-electron chi connectivity index (χ2n) is 6.09. The van der Waals surface area contributed by atoms with Crippen molar-refractivity contribution < 1.29 is 4.79 Å². The summed E-state index contributed by atoms with van der Waals surface area (Å²) in [5.74, 6) is 1.27. The van der Waals surface area contributed by atoms with Gasteiger partial charge in [0.25, 0.3) is 5.91 Å². The summed E-state index contributed by atoms with van der Waals surface area (Å²) < 4.78 is 0. The monoisotopic (exact) mass is 290 g/mol. The molecule has 116 valence electrons. The second kappa shape index (κ2) is 6.89. The minimum Gasteiger partial charge on any atom is -0.373 e. The van der Waals surface area contributed by atoms with E-state index in [1.54, 1.807) is 6.07 Å². The number of nitrogens with zero attached hydrogens (tertiary/aromatic N) is 2. The number of carbonyl (C=O) groups is 1. The molecule has 0 aliphatic carbocycles. The molecule has 0 radical (unpaired) electrons. The number of aryl methyl sites for hydroxylation is 1. The van der Waals surface area contributed by atoms with Crippen molar-refractivity contribution in [3.63, 3.8) is 0 Å². The number of anilines is 1. The van der Waals surface area contributed by atoms with Crippen molar-refractivity contribution in [2.45, 2.75) is 33.2 Å². The van der Waals surface area contributed by atoms with Gasteiger partial charge in [0.2, 0.25) is 0 Å². The first kappa shape index (κ1) is 15.8. The molecule has 2 N–H and O–H groups in total. The maximum atomic E-state index is 12.3. The molecule has 2 heterocycles. The number of pyridine rings is 1. The Hall–Kier alpha value is -1.62. The van der Waals surface area contributed by atoms with Crippen molar-refractivity contribution in [1.29, 1.82) is 0 Å². The van der Waals surface area contributed by atoms with Gasteiger partial charge in [0.15, 0.2) is 0 Å². The molecule has 5 nitrogen and oxygen atoms in total. The van der Waals surface area contributed by atoms with E-state index in [-0.39, 0.29) is 5.91 Å². The van der Waals surface area contributed by atoms with Gasteiger partial charge in [0.05, 0.1) is 0 Å². The van der Waals surface area contributed by atoms with Gasteiger partial charge in [-0.25, -0.2) is 4.98 Å². The zero-order chi connectivity index (χ0) is 15.4. The van der Waals surface area contributed by atoms with Crippen LogP contribution in [-0.4, -0.2) is 48.5 Å². The van der Waals surface area contributed by atoms with Crippen LogP contribution in [0.15, 0.2) is 12.1 Å². The van der Waals surface area contributed by atoms with Gasteiger partial charge in [0.1, 0.15) is 5.82 Å². The molecule has 1 atom stereocenters. The lowest BCUT2D eigenvalue weighted by molar-refractivity contribution is 0.0947. The van der Waals surface area contributed by atoms with Crippen LogP contribution in [0.4, 0.5) is 5.82 Å². The first-order valence-electron chi connectivity index (χ1n) is 7.68. The van der Waals surface area contributed by atoms with Crippen LogP contribution in [-0.2, 0) is 0 Å². The summed E-state index contributed by atoms with van der Waals surface area (Å²) in [6.07, 6.45) is 1.16. The fourth-order valence-electron chi connectivity index (χ4n) is 2.77. The number of likely N-dealkylation sites (tertiary alicyclic amines) is 1. The van der Waals surface area contributed by atoms with E-state index in [2.05, 4.69) is 34.4 Å². The van der Waals surface area contributed by atoms with E-state index in [1.807, 2.05) is 20.0 Å². The summed E-state index contributed by atoms with van der Waals surface area (Å²) in [7, 11) is 1.81. The predicted molar refractivity (Wildman–Crippen MR) is 85.7 cm³/mol. The molecule has 1 unspecified atom stereocenters. The Morgan fingerprint density at radius 1 is 1.48 bits per heavy atom. The van der Waals surface area contributed by atoms with E-state index in [0.29, 0.717) is 17.5 Å². The Morgan fingerprint density at radius 2 is 2.24 bits per heavy atom. The largest absolute Gasteiger partial charge is 0.373 e. The number of amides is 1. The van der Waals surface area contributed by atoms with Crippen LogP contribution in [0.3, 0.4) is 0 Å². The third kappa shape index (κ3) is 4.17. The van der Waals surface area contributed by atoms with E-state index in [1.165, 1.54) is 0 Å². The minimum atomic E-state index is -0.0139. The molecule has 5 heteroatoms. The molecule has 0 bridgehead atoms. The van der Waals surface area contributed by atoms with Gasteiger partial charge in [-0.05, 0) is 51.8 Å². The standard InChI is InChI=1S/C16H26N4O/c1-11(2)20-6-5-13(10-20)9-18-16(21)14-7-12(3)19-15(8-14)17-4/h7-8,11,13H,5-6,9-10H2,1-4H3,(H,17,19)(H,18,21). The zero-order valence-corrected chi connectivity index (χ0v) is 13.4. The predicted octanol–water partition coefficient (Wildman–Crippen LogP) is 1.89. The third-order valence-corrected chi connectivity index (χ3v) is 4.07. The van der Waals surface area contributed by atoms with Crippen LogP contribution >= 0.6 is 0 Å². The quantitative estimate of drug-likeness (QED) is 0.869. The van der Waals surface area contributed by atoms with E-state index >= 15 is 0 Å². The summed E-state index contributed by atoms with van der Waals surface area (Å²) in [4.78, 5) is 19.0. The highest BCUT2D eigenvalue weighted by Gasteiger charge is 2.24. The van der Waals surface area contributed by atoms with Crippen LogP contribution in [0.5, 0.6) is 0 Å². The van der Waals surface area contributed by atoms with Gasteiger partial charge < -0.3 is 15.5 Å². The number of aromatic nitrogens is 1. The van der Waals surface area contributed by atoms with Crippen LogP contribution in [0.25, 0.3) is 0 Å². The first-order chi connectivity index (χ1) is 9.99. The summed E-state index contributed by atoms with van der Waals surface area (Å²) >= 11 is 0. The van der Waals surface area contributed by atoms with E-state index in [0.717, 1.165) is 37.6 Å². The van der Waals surface area contributed by atoms with Crippen LogP contribution in [0.1, 0.15) is 36.3 Å². The van der Waals surface area contributed by atoms with Gasteiger partial charge in [-0.15, -0.1) is 0 Å². The number of rotatable bonds is 5. The molecule has 1 aliphatic heterocycles. The molecule has 1 aliphatic rings. The van der Waals surface area contributed by atoms with Crippen molar-refractivity contribution in [2.75, 3.05) is 32.0 Å². The fourth-order valence-corrected chi connectivity index (χ4v) is 2.77. The third-order valence-electron chi connectivity index (χ3n) is 4.07. The molecule has 1 aromatic heterocycles. The lowest BCUT2D eigenvalue weighted by Crippen LogP contribution is -2.33. The summed E-state index contributed by atoms with van der Waals surface area (Å²) in [5, 5.41) is 6.04. The Morgan fingerprint density at radius 3 is 2.86 bits per heavy atom. The Bertz CT molecular complexity index is 501. The maximum absolute atomic E-state index is 12.3. The van der Waals surface area contributed by atoms with Crippen molar-refractivity contribution in [1.82, 2.24) is 15.2 Å². The number of nitrogens with one attached hydrogen (secondary N) is 2. The lowest BCUT2D eigenvalue weighted by Gasteiger charge is -2.20. The lowest BCUT2D eigenvalue weighted by atomic mass is 10.1. The van der Waals surface area contributed by atoms with Crippen LogP contribution in [0, 0.1) is 12.8 Å². The molecular weight excluding hydrogens is 264 g/mol. The zero-order valence-electron chi connectivity index (χ0n) is 13.4. The highest BCUT2D eigenvalue weighted by molar-refractivity contribution is 5.95. The van der Waals surface area contributed by atoms with E-state index in [4.69, 9.17) is 0 Å². The Labute approximate surface area is 127 Å².